The number of carboxylic acids is 1. The van der Waals surface area contributed by atoms with Crippen LogP contribution in [-0.2, 0) is 9.47 Å². The quantitative estimate of drug-likeness (QED) is 0.580. The van der Waals surface area contributed by atoms with Crippen molar-refractivity contribution in [2.45, 2.75) is 6.48 Å². The Bertz CT molecular complexity index is 388. The lowest BCUT2D eigenvalue weighted by atomic mass is 10.2. The second-order valence-corrected chi connectivity index (χ2v) is 3.07. The predicted molar refractivity (Wildman–Crippen MR) is 61.0 cm³/mol. The molecule has 1 aromatic rings. The summed E-state index contributed by atoms with van der Waals surface area (Å²) < 4.78 is 15.3. The lowest BCUT2D eigenvalue weighted by Crippen LogP contribution is -2.23. The standard InChI is InChI=1S/C12H14O5/c1-3-8-16-12(15-2)17-10-7-5-4-6-9(10)11(13)14/h3-7,12H,1,8H2,2H3,(H,13,14)/t12-/m0/s1. The molecule has 0 aliphatic heterocycles. The molecule has 0 fully saturated rings. The van der Waals surface area contributed by atoms with Gasteiger partial charge in [0.15, 0.2) is 0 Å². The van der Waals surface area contributed by atoms with E-state index in [1.807, 2.05) is 0 Å². The second kappa shape index (κ2) is 6.67. The Labute approximate surface area is 99.2 Å². The molecule has 92 valence electrons. The van der Waals surface area contributed by atoms with Crippen LogP contribution in [-0.4, -0.2) is 31.3 Å². The van der Waals surface area contributed by atoms with Gasteiger partial charge in [0.1, 0.15) is 11.3 Å². The Balaban J connectivity index is 2.78. The van der Waals surface area contributed by atoms with Crippen molar-refractivity contribution in [3.63, 3.8) is 0 Å². The summed E-state index contributed by atoms with van der Waals surface area (Å²) in [6.45, 7) is 2.77. The predicted octanol–water partition coefficient (Wildman–Crippen LogP) is 1.90. The number of carbonyl (C=O) groups is 1. The molecule has 0 saturated carbocycles. The maximum absolute atomic E-state index is 10.9. The monoisotopic (exact) mass is 238 g/mol. The average molecular weight is 238 g/mol. The molecule has 0 heterocycles. The highest BCUT2D eigenvalue weighted by Crippen LogP contribution is 2.19. The first kappa shape index (κ1) is 13.2. The normalized spacial score (nSPS) is 11.8. The zero-order chi connectivity index (χ0) is 12.7. The minimum Gasteiger partial charge on any atom is -0.478 e. The molecule has 0 bridgehead atoms. The summed E-state index contributed by atoms with van der Waals surface area (Å²) >= 11 is 0. The fraction of sp³-hybridized carbons (Fsp3) is 0.250. The number of aromatic carboxylic acids is 1. The average Bonchev–Trinajstić information content (AvgIpc) is 2.34. The molecular formula is C12H14O5. The van der Waals surface area contributed by atoms with Gasteiger partial charge in [-0.2, -0.15) is 0 Å². The molecule has 0 spiro atoms. The van der Waals surface area contributed by atoms with E-state index >= 15 is 0 Å². The van der Waals surface area contributed by atoms with Crippen LogP contribution in [0.25, 0.3) is 0 Å². The summed E-state index contributed by atoms with van der Waals surface area (Å²) in [5.74, 6) is -0.880. The minimum absolute atomic E-state index is 0.0525. The van der Waals surface area contributed by atoms with Crippen molar-refractivity contribution in [1.82, 2.24) is 0 Å². The van der Waals surface area contributed by atoms with Gasteiger partial charge in [-0.25, -0.2) is 4.79 Å². The summed E-state index contributed by atoms with van der Waals surface area (Å²) in [5.41, 5.74) is 0.0525. The van der Waals surface area contributed by atoms with Gasteiger partial charge in [-0.1, -0.05) is 18.2 Å². The molecule has 1 rings (SSSR count). The molecule has 17 heavy (non-hydrogen) atoms. The van der Waals surface area contributed by atoms with Crippen molar-refractivity contribution in [1.29, 1.82) is 0 Å². The lowest BCUT2D eigenvalue weighted by Gasteiger charge is -2.17. The van der Waals surface area contributed by atoms with Crippen molar-refractivity contribution in [3.05, 3.63) is 42.5 Å². The Morgan fingerprint density at radius 3 is 2.82 bits per heavy atom. The number of hydrogen-bond donors (Lipinski definition) is 1. The van der Waals surface area contributed by atoms with Crippen LogP contribution in [0, 0.1) is 0 Å². The zero-order valence-electron chi connectivity index (χ0n) is 9.46. The molecule has 0 aliphatic rings. The molecule has 1 atom stereocenters. The van der Waals surface area contributed by atoms with Crippen LogP contribution in [0.2, 0.25) is 0 Å². The van der Waals surface area contributed by atoms with E-state index in [9.17, 15) is 4.79 Å². The van der Waals surface area contributed by atoms with Gasteiger partial charge in [0.05, 0.1) is 6.61 Å². The van der Waals surface area contributed by atoms with Crippen LogP contribution in [0.5, 0.6) is 5.75 Å². The van der Waals surface area contributed by atoms with Crippen LogP contribution in [0.15, 0.2) is 36.9 Å². The summed E-state index contributed by atoms with van der Waals surface area (Å²) in [7, 11) is 1.40. The third-order valence-corrected chi connectivity index (χ3v) is 1.88. The molecule has 0 aliphatic carbocycles. The van der Waals surface area contributed by atoms with Gasteiger partial charge in [0.2, 0.25) is 0 Å². The smallest absolute Gasteiger partial charge is 0.339 e. The third kappa shape index (κ3) is 3.90. The molecule has 1 aromatic carbocycles. The van der Waals surface area contributed by atoms with Gasteiger partial charge in [0.25, 0.3) is 0 Å². The van der Waals surface area contributed by atoms with E-state index in [-0.39, 0.29) is 17.9 Å². The number of benzene rings is 1. The van der Waals surface area contributed by atoms with E-state index in [4.69, 9.17) is 19.3 Å². The SMILES string of the molecule is C=CCO[C@H](OC)Oc1ccccc1C(=O)O. The van der Waals surface area contributed by atoms with Crippen LogP contribution < -0.4 is 4.74 Å². The lowest BCUT2D eigenvalue weighted by molar-refractivity contribution is -0.228. The zero-order valence-corrected chi connectivity index (χ0v) is 9.46. The largest absolute Gasteiger partial charge is 0.478 e. The molecule has 0 radical (unpaired) electrons. The van der Waals surface area contributed by atoms with Gasteiger partial charge in [0, 0.05) is 7.11 Å². The number of hydrogen-bond acceptors (Lipinski definition) is 4. The third-order valence-electron chi connectivity index (χ3n) is 1.88. The number of rotatable bonds is 7. The number of para-hydroxylation sites is 1. The number of ether oxygens (including phenoxy) is 3. The fourth-order valence-corrected chi connectivity index (χ4v) is 1.15. The van der Waals surface area contributed by atoms with Gasteiger partial charge < -0.3 is 19.3 Å². The maximum atomic E-state index is 10.9. The summed E-state index contributed by atoms with van der Waals surface area (Å²) in [6.07, 6.45) is 1.54. The van der Waals surface area contributed by atoms with E-state index in [1.165, 1.54) is 19.2 Å². The van der Waals surface area contributed by atoms with Crippen LogP contribution in [0.3, 0.4) is 0 Å². The van der Waals surface area contributed by atoms with E-state index in [0.717, 1.165) is 0 Å². The van der Waals surface area contributed by atoms with Gasteiger partial charge in [-0.05, 0) is 12.1 Å². The molecule has 0 unspecified atom stereocenters. The topological polar surface area (TPSA) is 65.0 Å². The van der Waals surface area contributed by atoms with Crippen molar-refractivity contribution < 1.29 is 24.1 Å². The van der Waals surface area contributed by atoms with Crippen molar-refractivity contribution in [2.24, 2.45) is 0 Å². The first-order valence-corrected chi connectivity index (χ1v) is 4.93. The van der Waals surface area contributed by atoms with Crippen LogP contribution in [0.4, 0.5) is 0 Å². The summed E-state index contributed by atoms with van der Waals surface area (Å²) in [4.78, 5) is 10.9. The number of carboxylic acid groups (broad SMARTS) is 1. The Morgan fingerprint density at radius 2 is 2.24 bits per heavy atom. The van der Waals surface area contributed by atoms with Crippen LogP contribution in [0.1, 0.15) is 10.4 Å². The van der Waals surface area contributed by atoms with E-state index in [1.54, 1.807) is 18.2 Å². The maximum Gasteiger partial charge on any atom is 0.339 e. The highest BCUT2D eigenvalue weighted by Gasteiger charge is 2.15. The first-order valence-electron chi connectivity index (χ1n) is 4.93. The van der Waals surface area contributed by atoms with Crippen molar-refractivity contribution in [3.8, 4) is 5.75 Å². The molecule has 0 aromatic heterocycles. The van der Waals surface area contributed by atoms with Crippen molar-refractivity contribution >= 4 is 5.97 Å². The summed E-state index contributed by atoms with van der Waals surface area (Å²) in [6, 6.07) is 6.26. The summed E-state index contributed by atoms with van der Waals surface area (Å²) in [5, 5.41) is 8.95. The van der Waals surface area contributed by atoms with E-state index < -0.39 is 12.4 Å². The molecule has 1 N–H and O–H groups in total. The molecule has 0 saturated heterocycles. The molecule has 0 amide bonds. The fourth-order valence-electron chi connectivity index (χ4n) is 1.15. The van der Waals surface area contributed by atoms with Gasteiger partial charge >= 0.3 is 12.4 Å². The molecule has 5 nitrogen and oxygen atoms in total. The Hall–Kier alpha value is -1.85. The Morgan fingerprint density at radius 1 is 1.53 bits per heavy atom. The highest BCUT2D eigenvalue weighted by molar-refractivity contribution is 5.90. The number of methoxy groups -OCH3 is 1. The van der Waals surface area contributed by atoms with E-state index in [0.29, 0.717) is 0 Å². The van der Waals surface area contributed by atoms with Crippen LogP contribution >= 0.6 is 0 Å². The highest BCUT2D eigenvalue weighted by atomic mass is 16.8. The van der Waals surface area contributed by atoms with Gasteiger partial charge in [-0.15, -0.1) is 6.58 Å². The van der Waals surface area contributed by atoms with Crippen molar-refractivity contribution in [2.75, 3.05) is 13.7 Å². The van der Waals surface area contributed by atoms with E-state index in [2.05, 4.69) is 6.58 Å². The minimum atomic E-state index is -1.07. The first-order chi connectivity index (χ1) is 8.19. The van der Waals surface area contributed by atoms with Gasteiger partial charge in [-0.3, -0.25) is 0 Å². The molecular weight excluding hydrogens is 224 g/mol. The molecule has 5 heteroatoms. The Kier molecular flexibility index (Phi) is 5.19. The second-order valence-electron chi connectivity index (χ2n) is 3.07.